The highest BCUT2D eigenvalue weighted by Crippen LogP contribution is 2.34. The van der Waals surface area contributed by atoms with Gasteiger partial charge in [-0.05, 0) is 68.9 Å². The van der Waals surface area contributed by atoms with Crippen molar-refractivity contribution in [2.45, 2.75) is 55.6 Å². The molecule has 1 aliphatic heterocycles. The fourth-order valence-electron chi connectivity index (χ4n) is 4.50. The maximum Gasteiger partial charge on any atom is 0.287 e. The molecule has 1 saturated carbocycles. The van der Waals surface area contributed by atoms with Crippen LogP contribution in [-0.2, 0) is 9.92 Å². The minimum atomic E-state index is -3.18. The Morgan fingerprint density at radius 3 is 2.62 bits per heavy atom. The third-order valence-corrected chi connectivity index (χ3v) is 8.38. The van der Waals surface area contributed by atoms with Gasteiger partial charge < -0.3 is 14.2 Å². The van der Waals surface area contributed by atoms with Gasteiger partial charge in [0.25, 0.3) is 5.91 Å². The molecule has 5 rings (SSSR count). The normalized spacial score (nSPS) is 23.9. The molecule has 1 aliphatic carbocycles. The average Bonchev–Trinajstić information content (AvgIpc) is 3.54. The van der Waals surface area contributed by atoms with Crippen molar-refractivity contribution in [3.05, 3.63) is 47.0 Å². The summed E-state index contributed by atoms with van der Waals surface area (Å²) >= 11 is 6.03. The number of nitrogens with zero attached hydrogens (tertiary/aromatic N) is 2. The number of aromatic nitrogens is 1. The predicted molar refractivity (Wildman–Crippen MR) is 120 cm³/mol. The van der Waals surface area contributed by atoms with E-state index >= 15 is 0 Å². The first-order valence-electron chi connectivity index (χ1n) is 10.9. The number of rotatable bonds is 5. The van der Waals surface area contributed by atoms with Gasteiger partial charge in [-0.3, -0.25) is 4.79 Å². The van der Waals surface area contributed by atoms with Crippen LogP contribution >= 0.6 is 11.6 Å². The van der Waals surface area contributed by atoms with Crippen LogP contribution in [-0.4, -0.2) is 38.5 Å². The lowest BCUT2D eigenvalue weighted by atomic mass is 9.86. The number of amides is 1. The van der Waals surface area contributed by atoms with Gasteiger partial charge in [-0.2, -0.15) is 0 Å². The molecule has 0 bridgehead atoms. The van der Waals surface area contributed by atoms with Crippen LogP contribution in [0.4, 0.5) is 0 Å². The van der Waals surface area contributed by atoms with Crippen LogP contribution in [0.25, 0.3) is 11.1 Å². The molecule has 8 nitrogen and oxygen atoms in total. The number of nitrogens with one attached hydrogen (secondary N) is 2. The summed E-state index contributed by atoms with van der Waals surface area (Å²) in [6.45, 7) is 1.22. The lowest BCUT2D eigenvalue weighted by Gasteiger charge is -2.27. The molecular weight excluding hydrogens is 452 g/mol. The second kappa shape index (κ2) is 8.53. The van der Waals surface area contributed by atoms with Crippen molar-refractivity contribution < 1.29 is 17.8 Å². The monoisotopic (exact) mass is 476 g/mol. The lowest BCUT2D eigenvalue weighted by molar-refractivity contribution is 0.0891. The van der Waals surface area contributed by atoms with E-state index in [0.717, 1.165) is 55.5 Å². The molecule has 2 aliphatic rings. The standard InChI is InChI=1S/C22H25ClN4O4S/c23-15-5-8-18-17(13-15)26-22(31-18)14-3-6-16(7-4-14)25-21(28)19-9-10-20(30-19)32(24,29)27-11-1-2-12-27/h5,8-10,13-14,16,24H,1-4,6-7,11-12H2,(H,25,28). The van der Waals surface area contributed by atoms with E-state index in [1.54, 1.807) is 16.4 Å². The number of carbonyl (C=O) groups excluding carboxylic acids is 1. The Morgan fingerprint density at radius 2 is 1.88 bits per heavy atom. The summed E-state index contributed by atoms with van der Waals surface area (Å²) in [5.41, 5.74) is 1.49. The molecule has 1 amide bonds. The first kappa shape index (κ1) is 21.5. The van der Waals surface area contributed by atoms with Gasteiger partial charge in [-0.25, -0.2) is 18.3 Å². The number of hydrogen-bond acceptors (Lipinski definition) is 6. The van der Waals surface area contributed by atoms with Crippen molar-refractivity contribution in [3.63, 3.8) is 0 Å². The van der Waals surface area contributed by atoms with Crippen LogP contribution in [0.15, 0.2) is 44.3 Å². The second-order valence-corrected chi connectivity index (χ2v) is 10.9. The Labute approximate surface area is 191 Å². The van der Waals surface area contributed by atoms with Crippen LogP contribution in [0.1, 0.15) is 60.9 Å². The molecule has 2 fully saturated rings. The summed E-state index contributed by atoms with van der Waals surface area (Å²) in [4.78, 5) is 17.2. The van der Waals surface area contributed by atoms with Gasteiger partial charge >= 0.3 is 0 Å². The number of benzene rings is 1. The Morgan fingerprint density at radius 1 is 1.12 bits per heavy atom. The molecule has 1 aromatic carbocycles. The Hall–Kier alpha value is -2.36. The zero-order valence-electron chi connectivity index (χ0n) is 17.5. The maximum atomic E-state index is 12.8. The number of fused-ring (bicyclic) bond motifs is 1. The Bertz CT molecular complexity index is 1240. The fraction of sp³-hybridized carbons (Fsp3) is 0.455. The molecule has 0 spiro atoms. The predicted octanol–water partition coefficient (Wildman–Crippen LogP) is 4.95. The van der Waals surface area contributed by atoms with E-state index in [-0.39, 0.29) is 28.7 Å². The lowest BCUT2D eigenvalue weighted by Crippen LogP contribution is -2.37. The van der Waals surface area contributed by atoms with Gasteiger partial charge in [-0.1, -0.05) is 11.6 Å². The topological polar surface area (TPSA) is 112 Å². The fourth-order valence-corrected chi connectivity index (χ4v) is 6.15. The molecule has 170 valence electrons. The highest BCUT2D eigenvalue weighted by atomic mass is 35.5. The Balaban J connectivity index is 1.19. The SMILES string of the molecule is N=S(=O)(c1ccc(C(=O)NC2CCC(c3nc4cc(Cl)ccc4o3)CC2)o1)N1CCCC1. The minimum Gasteiger partial charge on any atom is -0.440 e. The smallest absolute Gasteiger partial charge is 0.287 e. The van der Waals surface area contributed by atoms with Gasteiger partial charge in [0.15, 0.2) is 27.1 Å². The summed E-state index contributed by atoms with van der Waals surface area (Å²) in [5.74, 6) is 0.679. The number of oxazole rings is 1. The van der Waals surface area contributed by atoms with E-state index in [0.29, 0.717) is 18.1 Å². The molecule has 3 heterocycles. The number of carbonyl (C=O) groups is 1. The average molecular weight is 477 g/mol. The van der Waals surface area contributed by atoms with Crippen molar-refractivity contribution in [3.8, 4) is 0 Å². The third kappa shape index (κ3) is 4.16. The van der Waals surface area contributed by atoms with Crippen molar-refractivity contribution in [2.24, 2.45) is 0 Å². The zero-order chi connectivity index (χ0) is 22.3. The van der Waals surface area contributed by atoms with E-state index in [4.69, 9.17) is 25.2 Å². The largest absolute Gasteiger partial charge is 0.440 e. The van der Waals surface area contributed by atoms with Gasteiger partial charge in [0, 0.05) is 30.1 Å². The van der Waals surface area contributed by atoms with Gasteiger partial charge in [0.1, 0.15) is 5.52 Å². The van der Waals surface area contributed by atoms with Crippen molar-refractivity contribution >= 4 is 38.5 Å². The second-order valence-electron chi connectivity index (χ2n) is 8.47. The van der Waals surface area contributed by atoms with E-state index in [1.165, 1.54) is 12.1 Å². The van der Waals surface area contributed by atoms with E-state index in [2.05, 4.69) is 10.3 Å². The van der Waals surface area contributed by atoms with E-state index < -0.39 is 9.92 Å². The molecule has 32 heavy (non-hydrogen) atoms. The first-order chi connectivity index (χ1) is 15.4. The summed E-state index contributed by atoms with van der Waals surface area (Å²) in [5, 5.41) is 3.68. The zero-order valence-corrected chi connectivity index (χ0v) is 19.1. The minimum absolute atomic E-state index is 0.0186. The van der Waals surface area contributed by atoms with Crippen LogP contribution in [0.5, 0.6) is 0 Å². The quantitative estimate of drug-likeness (QED) is 0.541. The maximum absolute atomic E-state index is 12.8. The van der Waals surface area contributed by atoms with Crippen molar-refractivity contribution in [2.75, 3.05) is 13.1 Å². The molecule has 1 unspecified atom stereocenters. The molecule has 2 N–H and O–H groups in total. The molecular formula is C22H25ClN4O4S. The summed E-state index contributed by atoms with van der Waals surface area (Å²) < 4.78 is 34.1. The van der Waals surface area contributed by atoms with Crippen LogP contribution in [0, 0.1) is 4.78 Å². The third-order valence-electron chi connectivity index (χ3n) is 6.28. The molecule has 2 aromatic heterocycles. The molecule has 10 heteroatoms. The molecule has 3 aromatic rings. The first-order valence-corrected chi connectivity index (χ1v) is 12.8. The summed E-state index contributed by atoms with van der Waals surface area (Å²) in [6, 6.07) is 8.42. The number of hydrogen-bond donors (Lipinski definition) is 2. The van der Waals surface area contributed by atoms with E-state index in [1.807, 2.05) is 6.07 Å². The summed E-state index contributed by atoms with van der Waals surface area (Å²) in [7, 11) is -3.18. The molecule has 1 saturated heterocycles. The van der Waals surface area contributed by atoms with Crippen LogP contribution in [0.2, 0.25) is 5.02 Å². The van der Waals surface area contributed by atoms with Crippen molar-refractivity contribution in [1.82, 2.24) is 14.6 Å². The molecule has 0 radical (unpaired) electrons. The number of furan rings is 1. The van der Waals surface area contributed by atoms with Gasteiger partial charge in [0.2, 0.25) is 5.09 Å². The Kier molecular flexibility index (Phi) is 5.73. The molecule has 1 atom stereocenters. The van der Waals surface area contributed by atoms with Crippen molar-refractivity contribution in [1.29, 1.82) is 4.78 Å². The highest BCUT2D eigenvalue weighted by molar-refractivity contribution is 7.90. The number of halogens is 1. The van der Waals surface area contributed by atoms with Gasteiger partial charge in [-0.15, -0.1) is 0 Å². The van der Waals surface area contributed by atoms with Crippen LogP contribution < -0.4 is 5.32 Å². The van der Waals surface area contributed by atoms with E-state index in [9.17, 15) is 9.00 Å². The van der Waals surface area contributed by atoms with Crippen LogP contribution in [0.3, 0.4) is 0 Å². The van der Waals surface area contributed by atoms with Gasteiger partial charge in [0.05, 0.1) is 0 Å². The highest BCUT2D eigenvalue weighted by Gasteiger charge is 2.30. The summed E-state index contributed by atoms with van der Waals surface area (Å²) in [6.07, 6.45) is 5.14.